The van der Waals surface area contributed by atoms with Crippen LogP contribution < -0.4 is 5.32 Å². The van der Waals surface area contributed by atoms with E-state index in [-0.39, 0.29) is 12.1 Å². The minimum absolute atomic E-state index is 0.152. The fourth-order valence-electron chi connectivity index (χ4n) is 2.25. The molecule has 2 nitrogen and oxygen atoms in total. The van der Waals surface area contributed by atoms with Gasteiger partial charge in [-0.1, -0.05) is 18.9 Å². The highest BCUT2D eigenvalue weighted by atomic mass is 32.1. The van der Waals surface area contributed by atoms with Gasteiger partial charge in [-0.3, -0.25) is 0 Å². The highest BCUT2D eigenvalue weighted by Gasteiger charge is 2.24. The molecule has 84 valence electrons. The van der Waals surface area contributed by atoms with Crippen LogP contribution in [0.15, 0.2) is 17.5 Å². The predicted molar refractivity (Wildman–Crippen MR) is 64.1 cm³/mol. The van der Waals surface area contributed by atoms with Crippen LogP contribution in [0.25, 0.3) is 0 Å². The summed E-state index contributed by atoms with van der Waals surface area (Å²) in [4.78, 5) is 1.35. The van der Waals surface area contributed by atoms with Crippen LogP contribution in [0, 0.1) is 0 Å². The van der Waals surface area contributed by atoms with E-state index in [1.165, 1.54) is 17.7 Å². The number of rotatable bonds is 3. The molecule has 2 N–H and O–H groups in total. The third-order valence-electron chi connectivity index (χ3n) is 3.16. The summed E-state index contributed by atoms with van der Waals surface area (Å²) in [5, 5.41) is 15.5. The summed E-state index contributed by atoms with van der Waals surface area (Å²) < 4.78 is 0. The first-order valence-corrected chi connectivity index (χ1v) is 6.63. The maximum Gasteiger partial charge on any atom is 0.0693 e. The largest absolute Gasteiger partial charge is 0.392 e. The number of aliphatic hydroxyl groups is 1. The van der Waals surface area contributed by atoms with Crippen LogP contribution in [-0.4, -0.2) is 17.3 Å². The summed E-state index contributed by atoms with van der Waals surface area (Å²) in [5.41, 5.74) is 0. The smallest absolute Gasteiger partial charge is 0.0693 e. The first-order chi connectivity index (χ1) is 7.27. The first-order valence-electron chi connectivity index (χ1n) is 5.75. The predicted octanol–water partition coefficient (Wildman–Crippen LogP) is 2.70. The van der Waals surface area contributed by atoms with Crippen LogP contribution in [0.5, 0.6) is 0 Å². The van der Waals surface area contributed by atoms with Gasteiger partial charge in [0.1, 0.15) is 0 Å². The molecule has 0 radical (unpaired) electrons. The third kappa shape index (κ3) is 2.80. The van der Waals surface area contributed by atoms with E-state index in [0.29, 0.717) is 6.04 Å². The van der Waals surface area contributed by atoms with Gasteiger partial charge in [0.15, 0.2) is 0 Å². The van der Waals surface area contributed by atoms with Gasteiger partial charge in [0, 0.05) is 17.0 Å². The molecule has 1 aliphatic rings. The van der Waals surface area contributed by atoms with Gasteiger partial charge in [-0.2, -0.15) is 0 Å². The maximum absolute atomic E-state index is 9.86. The summed E-state index contributed by atoms with van der Waals surface area (Å²) in [5.74, 6) is 0. The number of aliphatic hydroxyl groups excluding tert-OH is 1. The van der Waals surface area contributed by atoms with Gasteiger partial charge in [0.25, 0.3) is 0 Å². The lowest BCUT2D eigenvalue weighted by atomic mass is 9.92. The van der Waals surface area contributed by atoms with E-state index in [4.69, 9.17) is 0 Å². The molecule has 0 saturated heterocycles. The molecule has 3 heteroatoms. The van der Waals surface area contributed by atoms with Gasteiger partial charge in [-0.25, -0.2) is 0 Å². The average Bonchev–Trinajstić information content (AvgIpc) is 2.74. The van der Waals surface area contributed by atoms with E-state index in [1.807, 2.05) is 0 Å². The lowest BCUT2D eigenvalue weighted by Gasteiger charge is -2.30. The van der Waals surface area contributed by atoms with Gasteiger partial charge < -0.3 is 10.4 Å². The molecule has 1 aromatic heterocycles. The van der Waals surface area contributed by atoms with Gasteiger partial charge in [0.2, 0.25) is 0 Å². The van der Waals surface area contributed by atoms with Gasteiger partial charge in [0.05, 0.1) is 6.10 Å². The summed E-state index contributed by atoms with van der Waals surface area (Å²) in [6.45, 7) is 2.17. The molecule has 0 amide bonds. The topological polar surface area (TPSA) is 32.3 Å². The Bertz CT molecular complexity index is 286. The Hall–Kier alpha value is -0.380. The number of thiophene rings is 1. The van der Waals surface area contributed by atoms with Gasteiger partial charge in [-0.05, 0) is 31.2 Å². The van der Waals surface area contributed by atoms with E-state index < -0.39 is 0 Å². The average molecular weight is 225 g/mol. The summed E-state index contributed by atoms with van der Waals surface area (Å²) >= 11 is 1.78. The van der Waals surface area contributed by atoms with Crippen molar-refractivity contribution < 1.29 is 5.11 Å². The molecule has 3 unspecified atom stereocenters. The second-order valence-electron chi connectivity index (χ2n) is 4.36. The molecule has 1 aliphatic carbocycles. The zero-order valence-electron chi connectivity index (χ0n) is 9.15. The Morgan fingerprint density at radius 3 is 2.93 bits per heavy atom. The molecule has 0 aromatic carbocycles. The van der Waals surface area contributed by atoms with Crippen LogP contribution >= 0.6 is 11.3 Å². The van der Waals surface area contributed by atoms with Crippen molar-refractivity contribution in [2.75, 3.05) is 0 Å². The van der Waals surface area contributed by atoms with Gasteiger partial charge >= 0.3 is 0 Å². The molecular weight excluding hydrogens is 206 g/mol. The minimum Gasteiger partial charge on any atom is -0.392 e. The van der Waals surface area contributed by atoms with E-state index >= 15 is 0 Å². The Morgan fingerprint density at radius 1 is 1.47 bits per heavy atom. The highest BCUT2D eigenvalue weighted by Crippen LogP contribution is 2.23. The Morgan fingerprint density at radius 2 is 2.27 bits per heavy atom. The quantitative estimate of drug-likeness (QED) is 0.829. The van der Waals surface area contributed by atoms with Crippen LogP contribution in [0.4, 0.5) is 0 Å². The Kier molecular flexibility index (Phi) is 3.78. The third-order valence-corrected chi connectivity index (χ3v) is 4.22. The number of hydrogen-bond donors (Lipinski definition) is 2. The van der Waals surface area contributed by atoms with Crippen molar-refractivity contribution >= 4 is 11.3 Å². The van der Waals surface area contributed by atoms with Crippen molar-refractivity contribution in [1.82, 2.24) is 5.32 Å². The van der Waals surface area contributed by atoms with Crippen molar-refractivity contribution in [3.8, 4) is 0 Å². The second-order valence-corrected chi connectivity index (χ2v) is 5.34. The van der Waals surface area contributed by atoms with E-state index in [9.17, 15) is 5.11 Å². The minimum atomic E-state index is -0.152. The van der Waals surface area contributed by atoms with Crippen molar-refractivity contribution in [2.45, 2.75) is 50.8 Å². The molecule has 1 saturated carbocycles. The molecule has 1 aromatic rings. The van der Waals surface area contributed by atoms with Crippen molar-refractivity contribution in [2.24, 2.45) is 0 Å². The molecule has 1 heterocycles. The van der Waals surface area contributed by atoms with Crippen molar-refractivity contribution in [3.05, 3.63) is 22.4 Å². The molecule has 3 atom stereocenters. The summed E-state index contributed by atoms with van der Waals surface area (Å²) in [7, 11) is 0. The highest BCUT2D eigenvalue weighted by molar-refractivity contribution is 7.10. The Labute approximate surface area is 95.3 Å². The van der Waals surface area contributed by atoms with Crippen molar-refractivity contribution in [3.63, 3.8) is 0 Å². The first kappa shape index (κ1) is 11.1. The lowest BCUT2D eigenvalue weighted by Crippen LogP contribution is -2.42. The molecule has 2 rings (SSSR count). The maximum atomic E-state index is 9.86. The SMILES string of the molecule is CC(NC1CCCCC1O)c1cccs1. The van der Waals surface area contributed by atoms with E-state index in [0.717, 1.165) is 12.8 Å². The molecule has 0 spiro atoms. The van der Waals surface area contributed by atoms with Crippen LogP contribution in [0.1, 0.15) is 43.5 Å². The lowest BCUT2D eigenvalue weighted by molar-refractivity contribution is 0.0862. The van der Waals surface area contributed by atoms with Gasteiger partial charge in [-0.15, -0.1) is 11.3 Å². The number of nitrogens with one attached hydrogen (secondary N) is 1. The fourth-order valence-corrected chi connectivity index (χ4v) is 2.99. The standard InChI is InChI=1S/C12H19NOS/c1-9(12-7-4-8-15-12)13-10-5-2-3-6-11(10)14/h4,7-11,13-14H,2-3,5-6H2,1H3. The molecule has 0 bridgehead atoms. The van der Waals surface area contributed by atoms with Crippen molar-refractivity contribution in [1.29, 1.82) is 0 Å². The van der Waals surface area contributed by atoms with Crippen LogP contribution in [0.3, 0.4) is 0 Å². The number of hydrogen-bond acceptors (Lipinski definition) is 3. The van der Waals surface area contributed by atoms with E-state index in [2.05, 4.69) is 29.8 Å². The molecule has 1 fully saturated rings. The van der Waals surface area contributed by atoms with Crippen LogP contribution in [0.2, 0.25) is 0 Å². The zero-order chi connectivity index (χ0) is 10.7. The summed E-state index contributed by atoms with van der Waals surface area (Å²) in [6, 6.07) is 4.88. The normalized spacial score (nSPS) is 28.9. The molecular formula is C12H19NOS. The fraction of sp³-hybridized carbons (Fsp3) is 0.667. The Balaban J connectivity index is 1.90. The van der Waals surface area contributed by atoms with E-state index in [1.54, 1.807) is 11.3 Å². The molecule has 15 heavy (non-hydrogen) atoms. The monoisotopic (exact) mass is 225 g/mol. The zero-order valence-corrected chi connectivity index (χ0v) is 9.96. The molecule has 0 aliphatic heterocycles. The second kappa shape index (κ2) is 5.10. The van der Waals surface area contributed by atoms with Crippen LogP contribution in [-0.2, 0) is 0 Å². The summed E-state index contributed by atoms with van der Waals surface area (Å²) in [6.07, 6.45) is 4.32.